The zero-order chi connectivity index (χ0) is 22.5. The highest BCUT2D eigenvalue weighted by molar-refractivity contribution is 7.99. The normalized spacial score (nSPS) is 10.8. The van der Waals surface area contributed by atoms with Gasteiger partial charge in [0.05, 0.1) is 18.0 Å². The number of hydrogen-bond donors (Lipinski definition) is 2. The van der Waals surface area contributed by atoms with Gasteiger partial charge in [0.15, 0.2) is 10.3 Å². The Morgan fingerprint density at radius 2 is 1.69 bits per heavy atom. The fourth-order valence-corrected chi connectivity index (χ4v) is 4.50. The molecule has 0 aliphatic carbocycles. The highest BCUT2D eigenvalue weighted by Crippen LogP contribution is 2.29. The van der Waals surface area contributed by atoms with E-state index in [2.05, 4.69) is 15.0 Å². The Balaban J connectivity index is 1.57. The van der Waals surface area contributed by atoms with Gasteiger partial charge in [0, 0.05) is 17.0 Å². The average Bonchev–Trinajstić information content (AvgIpc) is 3.26. The van der Waals surface area contributed by atoms with Crippen LogP contribution >= 0.6 is 23.1 Å². The fraction of sp³-hybridized carbons (Fsp3) is 0.0909. The van der Waals surface area contributed by atoms with Gasteiger partial charge in [-0.1, -0.05) is 42.1 Å². The number of carbonyl (C=O) groups is 1. The highest BCUT2D eigenvalue weighted by atomic mass is 32.2. The number of nitrogen functional groups attached to an aromatic ring is 2. The minimum Gasteiger partial charge on any atom is -0.383 e. The topological polar surface area (TPSA) is 111 Å². The molecule has 0 bridgehead atoms. The van der Waals surface area contributed by atoms with Crippen LogP contribution in [-0.4, -0.2) is 26.6 Å². The summed E-state index contributed by atoms with van der Waals surface area (Å²) in [6.45, 7) is 0.358. The summed E-state index contributed by atoms with van der Waals surface area (Å²) in [5, 5.41) is 2.73. The fourth-order valence-electron chi connectivity index (χ4n) is 2.90. The number of halogens is 1. The van der Waals surface area contributed by atoms with Gasteiger partial charge in [-0.25, -0.2) is 19.3 Å². The van der Waals surface area contributed by atoms with Crippen LogP contribution in [0.4, 0.5) is 21.2 Å². The van der Waals surface area contributed by atoms with Crippen LogP contribution in [-0.2, 0) is 11.3 Å². The lowest BCUT2D eigenvalue weighted by atomic mass is 10.2. The molecule has 4 aromatic rings. The first kappa shape index (κ1) is 21.7. The Labute approximate surface area is 192 Å². The van der Waals surface area contributed by atoms with Crippen LogP contribution in [0.5, 0.6) is 0 Å². The number of amides is 1. The second-order valence-corrected chi connectivity index (χ2v) is 8.56. The Kier molecular flexibility index (Phi) is 6.62. The predicted octanol–water partition coefficient (Wildman–Crippen LogP) is 4.23. The van der Waals surface area contributed by atoms with Crippen molar-refractivity contribution in [1.82, 2.24) is 15.0 Å². The van der Waals surface area contributed by atoms with Gasteiger partial charge in [0.25, 0.3) is 0 Å². The van der Waals surface area contributed by atoms with Crippen LogP contribution in [0.2, 0.25) is 0 Å². The molecule has 162 valence electrons. The van der Waals surface area contributed by atoms with Crippen molar-refractivity contribution in [2.45, 2.75) is 11.7 Å². The van der Waals surface area contributed by atoms with Gasteiger partial charge in [-0.3, -0.25) is 9.69 Å². The molecule has 0 atom stereocenters. The standard InChI is InChI=1S/C22H19FN6OS2/c23-16-8-6-15(7-9-16)17-12-32-22(26-17)29(11-14-4-2-1-3-5-14)20(30)13-31-21-27-18(24)10-19(25)28-21/h1-10,12H,11,13H2,(H4,24,25,27,28). The highest BCUT2D eigenvalue weighted by Gasteiger charge is 2.21. The van der Waals surface area contributed by atoms with Crippen LogP contribution in [0, 0.1) is 5.82 Å². The molecule has 4 N–H and O–H groups in total. The summed E-state index contributed by atoms with van der Waals surface area (Å²) >= 11 is 2.51. The van der Waals surface area contributed by atoms with E-state index < -0.39 is 0 Å². The lowest BCUT2D eigenvalue weighted by Gasteiger charge is -2.20. The number of carbonyl (C=O) groups excluding carboxylic acids is 1. The Morgan fingerprint density at radius 1 is 1.00 bits per heavy atom. The molecule has 0 spiro atoms. The van der Waals surface area contributed by atoms with Gasteiger partial charge in [-0.05, 0) is 29.8 Å². The molecule has 0 fully saturated rings. The van der Waals surface area contributed by atoms with Gasteiger partial charge in [0.2, 0.25) is 5.91 Å². The number of anilines is 3. The van der Waals surface area contributed by atoms with Gasteiger partial charge >= 0.3 is 0 Å². The van der Waals surface area contributed by atoms with Gasteiger partial charge in [0.1, 0.15) is 17.5 Å². The van der Waals surface area contributed by atoms with Crippen molar-refractivity contribution in [3.8, 4) is 11.3 Å². The lowest BCUT2D eigenvalue weighted by Crippen LogP contribution is -2.32. The number of thiazole rings is 1. The van der Waals surface area contributed by atoms with Crippen molar-refractivity contribution in [3.63, 3.8) is 0 Å². The van der Waals surface area contributed by atoms with Crippen LogP contribution in [0.15, 0.2) is 71.2 Å². The number of aromatic nitrogens is 3. The summed E-state index contributed by atoms with van der Waals surface area (Å²) in [7, 11) is 0. The van der Waals surface area contributed by atoms with E-state index in [1.165, 1.54) is 29.5 Å². The van der Waals surface area contributed by atoms with Crippen molar-refractivity contribution in [3.05, 3.63) is 77.4 Å². The van der Waals surface area contributed by atoms with Crippen molar-refractivity contribution >= 4 is 45.8 Å². The predicted molar refractivity (Wildman–Crippen MR) is 127 cm³/mol. The molecule has 0 saturated carbocycles. The van der Waals surface area contributed by atoms with Gasteiger partial charge in [-0.2, -0.15) is 0 Å². The van der Waals surface area contributed by atoms with E-state index in [0.717, 1.165) is 22.9 Å². The third-order valence-corrected chi connectivity index (χ3v) is 6.11. The quantitative estimate of drug-likeness (QED) is 0.310. The maximum Gasteiger partial charge on any atom is 0.239 e. The number of benzene rings is 2. The number of nitrogens with zero attached hydrogens (tertiary/aromatic N) is 4. The van der Waals surface area contributed by atoms with Crippen LogP contribution in [0.3, 0.4) is 0 Å². The zero-order valence-corrected chi connectivity index (χ0v) is 18.4. The largest absolute Gasteiger partial charge is 0.383 e. The van der Waals surface area contributed by atoms with Crippen molar-refractivity contribution in [2.24, 2.45) is 0 Å². The molecule has 0 aliphatic heterocycles. The van der Waals surface area contributed by atoms with E-state index in [0.29, 0.717) is 22.5 Å². The third-order valence-electron chi connectivity index (χ3n) is 4.42. The van der Waals surface area contributed by atoms with Crippen molar-refractivity contribution in [2.75, 3.05) is 22.1 Å². The van der Waals surface area contributed by atoms with Crippen LogP contribution < -0.4 is 16.4 Å². The Bertz CT molecular complexity index is 1200. The lowest BCUT2D eigenvalue weighted by molar-refractivity contribution is -0.116. The first-order valence-electron chi connectivity index (χ1n) is 9.56. The third kappa shape index (κ3) is 5.40. The molecule has 2 heterocycles. The number of nitrogens with two attached hydrogens (primary N) is 2. The second-order valence-electron chi connectivity index (χ2n) is 6.78. The molecule has 2 aromatic carbocycles. The molecule has 4 rings (SSSR count). The molecule has 0 unspecified atom stereocenters. The summed E-state index contributed by atoms with van der Waals surface area (Å²) < 4.78 is 13.3. The number of thioether (sulfide) groups is 1. The smallest absolute Gasteiger partial charge is 0.239 e. The molecule has 1 amide bonds. The summed E-state index contributed by atoms with van der Waals surface area (Å²) in [6.07, 6.45) is 0. The summed E-state index contributed by atoms with van der Waals surface area (Å²) in [5.74, 6) is 0.103. The SMILES string of the molecule is Nc1cc(N)nc(SCC(=O)N(Cc2ccccc2)c2nc(-c3ccc(F)cc3)cs2)n1. The zero-order valence-electron chi connectivity index (χ0n) is 16.8. The first-order valence-corrected chi connectivity index (χ1v) is 11.4. The maximum absolute atomic E-state index is 13.3. The molecule has 0 radical (unpaired) electrons. The van der Waals surface area contributed by atoms with E-state index in [4.69, 9.17) is 11.5 Å². The summed E-state index contributed by atoms with van der Waals surface area (Å²) in [5.41, 5.74) is 13.8. The van der Waals surface area contributed by atoms with E-state index in [1.54, 1.807) is 17.0 Å². The van der Waals surface area contributed by atoms with Crippen molar-refractivity contribution < 1.29 is 9.18 Å². The van der Waals surface area contributed by atoms with Crippen molar-refractivity contribution in [1.29, 1.82) is 0 Å². The monoisotopic (exact) mass is 466 g/mol. The Morgan fingerprint density at radius 3 is 2.38 bits per heavy atom. The summed E-state index contributed by atoms with van der Waals surface area (Å²) in [6, 6.07) is 17.2. The van der Waals surface area contributed by atoms with Crippen LogP contribution in [0.1, 0.15) is 5.56 Å². The molecule has 0 saturated heterocycles. The number of rotatable bonds is 7. The molecule has 32 heavy (non-hydrogen) atoms. The molecular formula is C22H19FN6OS2. The van der Waals surface area contributed by atoms with Gasteiger partial charge < -0.3 is 11.5 Å². The van der Waals surface area contributed by atoms with E-state index in [1.807, 2.05) is 35.7 Å². The molecular weight excluding hydrogens is 447 g/mol. The van der Waals surface area contributed by atoms with E-state index in [-0.39, 0.29) is 29.1 Å². The Hall–Kier alpha value is -3.50. The molecule has 7 nitrogen and oxygen atoms in total. The number of hydrogen-bond acceptors (Lipinski definition) is 8. The average molecular weight is 467 g/mol. The second kappa shape index (κ2) is 9.75. The van der Waals surface area contributed by atoms with E-state index >= 15 is 0 Å². The summed E-state index contributed by atoms with van der Waals surface area (Å²) in [4.78, 5) is 27.7. The van der Waals surface area contributed by atoms with E-state index in [9.17, 15) is 9.18 Å². The maximum atomic E-state index is 13.3. The molecule has 10 heteroatoms. The molecule has 0 aliphatic rings. The molecule has 2 aromatic heterocycles. The minimum absolute atomic E-state index is 0.0845. The van der Waals surface area contributed by atoms with Crippen LogP contribution in [0.25, 0.3) is 11.3 Å². The van der Waals surface area contributed by atoms with Gasteiger partial charge in [-0.15, -0.1) is 11.3 Å². The minimum atomic E-state index is -0.313. The first-order chi connectivity index (χ1) is 15.5.